The molecular formula is C10H11F4N3. The van der Waals surface area contributed by atoms with Gasteiger partial charge in [0.15, 0.2) is 11.5 Å². The maximum atomic E-state index is 12.6. The minimum absolute atomic E-state index is 0.291. The summed E-state index contributed by atoms with van der Waals surface area (Å²) < 4.78 is 49.4. The molecule has 2 rings (SSSR count). The number of anilines is 1. The number of aromatic nitrogens is 2. The van der Waals surface area contributed by atoms with Crippen LogP contribution in [0.15, 0.2) is 12.1 Å². The van der Waals surface area contributed by atoms with Crippen molar-refractivity contribution in [2.24, 2.45) is 0 Å². The summed E-state index contributed by atoms with van der Waals surface area (Å²) in [6.07, 6.45) is -2.98. The molecule has 7 heteroatoms. The minimum Gasteiger partial charge on any atom is -0.350 e. The molecule has 1 aliphatic heterocycles. The van der Waals surface area contributed by atoms with E-state index in [1.54, 1.807) is 4.90 Å². The van der Waals surface area contributed by atoms with Crippen molar-refractivity contribution in [2.45, 2.75) is 25.1 Å². The lowest BCUT2D eigenvalue weighted by Crippen LogP contribution is -2.31. The van der Waals surface area contributed by atoms with Gasteiger partial charge in [-0.3, -0.25) is 0 Å². The third-order valence-corrected chi connectivity index (χ3v) is 2.79. The van der Waals surface area contributed by atoms with Crippen molar-refractivity contribution in [3.63, 3.8) is 0 Å². The molecule has 1 saturated heterocycles. The van der Waals surface area contributed by atoms with Crippen LogP contribution in [-0.2, 0) is 6.18 Å². The zero-order valence-corrected chi connectivity index (χ0v) is 8.91. The van der Waals surface area contributed by atoms with E-state index < -0.39 is 18.5 Å². The first-order valence-electron chi connectivity index (χ1n) is 5.26. The van der Waals surface area contributed by atoms with Gasteiger partial charge >= 0.3 is 6.18 Å². The summed E-state index contributed by atoms with van der Waals surface area (Å²) in [5.41, 5.74) is -1.03. The van der Waals surface area contributed by atoms with Crippen LogP contribution in [0.5, 0.6) is 0 Å². The second-order valence-electron chi connectivity index (χ2n) is 3.92. The first-order chi connectivity index (χ1) is 8.02. The van der Waals surface area contributed by atoms with Crippen molar-refractivity contribution in [3.05, 3.63) is 17.8 Å². The van der Waals surface area contributed by atoms with Crippen molar-refractivity contribution in [1.29, 1.82) is 0 Å². The summed E-state index contributed by atoms with van der Waals surface area (Å²) in [4.78, 5) is 1.66. The van der Waals surface area contributed by atoms with Gasteiger partial charge in [0.25, 0.3) is 0 Å². The predicted octanol–water partition coefficient (Wildman–Crippen LogP) is 2.43. The smallest absolute Gasteiger partial charge is 0.350 e. The lowest BCUT2D eigenvalue weighted by atomic mass is 10.2. The van der Waals surface area contributed by atoms with Crippen molar-refractivity contribution < 1.29 is 17.6 Å². The van der Waals surface area contributed by atoms with Gasteiger partial charge in [-0.2, -0.15) is 13.2 Å². The number of alkyl halides is 4. The standard InChI is InChI=1S/C10H11F4N3/c11-6-7-2-1-5-17(7)9-4-3-8(15-16-9)10(12,13)14/h3-4,7H,1-2,5-6H2/t7-/m0/s1. The van der Waals surface area contributed by atoms with E-state index in [9.17, 15) is 17.6 Å². The highest BCUT2D eigenvalue weighted by Crippen LogP contribution is 2.29. The van der Waals surface area contributed by atoms with Crippen LogP contribution in [0, 0.1) is 0 Å². The first-order valence-corrected chi connectivity index (χ1v) is 5.26. The zero-order valence-electron chi connectivity index (χ0n) is 8.91. The molecule has 1 fully saturated rings. The van der Waals surface area contributed by atoms with Gasteiger partial charge in [-0.15, -0.1) is 10.2 Å². The van der Waals surface area contributed by atoms with Gasteiger partial charge in [0.05, 0.1) is 6.04 Å². The first kappa shape index (κ1) is 12.1. The number of hydrogen-bond acceptors (Lipinski definition) is 3. The van der Waals surface area contributed by atoms with Crippen LogP contribution in [0.4, 0.5) is 23.4 Å². The molecule has 1 aromatic rings. The second-order valence-corrected chi connectivity index (χ2v) is 3.92. The largest absolute Gasteiger partial charge is 0.435 e. The molecule has 0 aromatic carbocycles. The van der Waals surface area contributed by atoms with E-state index in [1.807, 2.05) is 0 Å². The van der Waals surface area contributed by atoms with Gasteiger partial charge in [-0.25, -0.2) is 4.39 Å². The molecular weight excluding hydrogens is 238 g/mol. The van der Waals surface area contributed by atoms with E-state index >= 15 is 0 Å². The Balaban J connectivity index is 2.18. The molecule has 0 aliphatic carbocycles. The molecule has 0 amide bonds. The molecule has 0 saturated carbocycles. The third kappa shape index (κ3) is 2.48. The van der Waals surface area contributed by atoms with Gasteiger partial charge in [-0.1, -0.05) is 0 Å². The Morgan fingerprint density at radius 3 is 2.59 bits per heavy atom. The maximum absolute atomic E-state index is 12.6. The monoisotopic (exact) mass is 249 g/mol. The van der Waals surface area contributed by atoms with E-state index in [0.717, 1.165) is 12.5 Å². The lowest BCUT2D eigenvalue weighted by molar-refractivity contribution is -0.141. The second kappa shape index (κ2) is 4.46. The van der Waals surface area contributed by atoms with Gasteiger partial charge in [0, 0.05) is 6.54 Å². The van der Waals surface area contributed by atoms with Crippen molar-refractivity contribution in [2.75, 3.05) is 18.1 Å². The molecule has 0 N–H and O–H groups in total. The van der Waals surface area contributed by atoms with Crippen LogP contribution in [0.2, 0.25) is 0 Å². The van der Waals surface area contributed by atoms with Crippen LogP contribution < -0.4 is 4.90 Å². The summed E-state index contributed by atoms with van der Waals surface area (Å²) >= 11 is 0. The normalized spacial score (nSPS) is 20.9. The molecule has 2 heterocycles. The molecule has 0 radical (unpaired) electrons. The zero-order chi connectivity index (χ0) is 12.5. The molecule has 0 bridgehead atoms. The summed E-state index contributed by atoms with van der Waals surface area (Å²) in [5, 5.41) is 6.64. The Labute approximate surface area is 95.4 Å². The highest BCUT2D eigenvalue weighted by molar-refractivity contribution is 5.40. The summed E-state index contributed by atoms with van der Waals surface area (Å²) in [7, 11) is 0. The van der Waals surface area contributed by atoms with Crippen molar-refractivity contribution >= 4 is 5.82 Å². The maximum Gasteiger partial charge on any atom is 0.435 e. The fourth-order valence-corrected chi connectivity index (χ4v) is 1.93. The third-order valence-electron chi connectivity index (χ3n) is 2.79. The molecule has 3 nitrogen and oxygen atoms in total. The molecule has 17 heavy (non-hydrogen) atoms. The SMILES string of the molecule is FC[C@@H]1CCCN1c1ccc(C(F)(F)F)nn1. The van der Waals surface area contributed by atoms with E-state index in [1.165, 1.54) is 6.07 Å². The van der Waals surface area contributed by atoms with E-state index in [0.29, 0.717) is 18.8 Å². The predicted molar refractivity (Wildman–Crippen MR) is 53.4 cm³/mol. The number of nitrogens with zero attached hydrogens (tertiary/aromatic N) is 3. The summed E-state index contributed by atoms with van der Waals surface area (Å²) in [5.74, 6) is 0.304. The van der Waals surface area contributed by atoms with E-state index in [4.69, 9.17) is 0 Å². The Morgan fingerprint density at radius 2 is 2.06 bits per heavy atom. The average molecular weight is 249 g/mol. The van der Waals surface area contributed by atoms with Crippen LogP contribution in [0.25, 0.3) is 0 Å². The van der Waals surface area contributed by atoms with Crippen molar-refractivity contribution in [1.82, 2.24) is 10.2 Å². The Kier molecular flexibility index (Phi) is 3.17. The van der Waals surface area contributed by atoms with E-state index in [-0.39, 0.29) is 6.04 Å². The number of rotatable bonds is 2. The Hall–Kier alpha value is -1.40. The van der Waals surface area contributed by atoms with Gasteiger partial charge in [-0.05, 0) is 25.0 Å². The molecule has 1 atom stereocenters. The van der Waals surface area contributed by atoms with Gasteiger partial charge < -0.3 is 4.90 Å². The van der Waals surface area contributed by atoms with Crippen molar-refractivity contribution in [3.8, 4) is 0 Å². The summed E-state index contributed by atoms with van der Waals surface area (Å²) in [6, 6.07) is 1.82. The lowest BCUT2D eigenvalue weighted by Gasteiger charge is -2.22. The highest BCUT2D eigenvalue weighted by Gasteiger charge is 2.33. The fraction of sp³-hybridized carbons (Fsp3) is 0.600. The van der Waals surface area contributed by atoms with Crippen LogP contribution in [-0.4, -0.2) is 29.5 Å². The summed E-state index contributed by atoms with van der Waals surface area (Å²) in [6.45, 7) is 0.0807. The highest BCUT2D eigenvalue weighted by atomic mass is 19.4. The quantitative estimate of drug-likeness (QED) is 0.754. The Bertz CT molecular complexity index is 376. The number of halogens is 4. The molecule has 94 valence electrons. The Morgan fingerprint density at radius 1 is 1.29 bits per heavy atom. The number of hydrogen-bond donors (Lipinski definition) is 0. The minimum atomic E-state index is -4.49. The van der Waals surface area contributed by atoms with Gasteiger partial charge in [0.1, 0.15) is 6.67 Å². The average Bonchev–Trinajstić information content (AvgIpc) is 2.76. The van der Waals surface area contributed by atoms with Gasteiger partial charge in [0.2, 0.25) is 0 Å². The fourth-order valence-electron chi connectivity index (χ4n) is 1.93. The van der Waals surface area contributed by atoms with Crippen LogP contribution in [0.1, 0.15) is 18.5 Å². The molecule has 0 spiro atoms. The van der Waals surface area contributed by atoms with E-state index in [2.05, 4.69) is 10.2 Å². The topological polar surface area (TPSA) is 29.0 Å². The molecule has 1 aliphatic rings. The van der Waals surface area contributed by atoms with Crippen LogP contribution >= 0.6 is 0 Å². The van der Waals surface area contributed by atoms with Crippen LogP contribution in [0.3, 0.4) is 0 Å². The molecule has 0 unspecified atom stereocenters. The molecule has 1 aromatic heterocycles.